The van der Waals surface area contributed by atoms with Crippen LogP contribution in [0.5, 0.6) is 0 Å². The Labute approximate surface area is 114 Å². The zero-order valence-electron chi connectivity index (χ0n) is 11.6. The molecule has 1 atom stereocenters. The van der Waals surface area contributed by atoms with Gasteiger partial charge in [-0.1, -0.05) is 43.3 Å². The number of nitrogens with zero attached hydrogens (tertiary/aromatic N) is 2. The highest BCUT2D eigenvalue weighted by Gasteiger charge is 2.09. The van der Waals surface area contributed by atoms with Crippen LogP contribution in [0.3, 0.4) is 0 Å². The van der Waals surface area contributed by atoms with Crippen LogP contribution in [0.25, 0.3) is 11.4 Å². The third-order valence-electron chi connectivity index (χ3n) is 3.34. The maximum Gasteiger partial charge on any atom is 0.226 e. The van der Waals surface area contributed by atoms with E-state index in [4.69, 9.17) is 10.3 Å². The molecule has 0 saturated heterocycles. The highest BCUT2D eigenvalue weighted by Crippen LogP contribution is 2.17. The Kier molecular flexibility index (Phi) is 4.68. The van der Waals surface area contributed by atoms with Gasteiger partial charge in [0.15, 0.2) is 0 Å². The SMILES string of the molecule is CCc1ccc(-c2noc(CCC(C)CN)n2)cc1. The fraction of sp³-hybridized carbons (Fsp3) is 0.467. The average Bonchev–Trinajstić information content (AvgIpc) is 2.93. The molecule has 2 rings (SSSR count). The van der Waals surface area contributed by atoms with E-state index in [1.54, 1.807) is 0 Å². The summed E-state index contributed by atoms with van der Waals surface area (Å²) in [5.74, 6) is 1.84. The molecule has 0 radical (unpaired) electrons. The standard InChI is InChI=1S/C15H21N3O/c1-3-12-5-7-13(8-6-12)15-17-14(19-18-15)9-4-11(2)10-16/h5-8,11H,3-4,9-10,16H2,1-2H3. The van der Waals surface area contributed by atoms with Crippen molar-refractivity contribution in [2.75, 3.05) is 6.54 Å². The van der Waals surface area contributed by atoms with Gasteiger partial charge in [-0.3, -0.25) is 0 Å². The first-order valence-electron chi connectivity index (χ1n) is 6.85. The summed E-state index contributed by atoms with van der Waals surface area (Å²) in [6.07, 6.45) is 2.81. The molecular weight excluding hydrogens is 238 g/mol. The molecule has 4 nitrogen and oxygen atoms in total. The number of aromatic nitrogens is 2. The van der Waals surface area contributed by atoms with Crippen LogP contribution < -0.4 is 5.73 Å². The molecule has 1 aromatic carbocycles. The highest BCUT2D eigenvalue weighted by molar-refractivity contribution is 5.54. The summed E-state index contributed by atoms with van der Waals surface area (Å²) in [6, 6.07) is 8.27. The molecular formula is C15H21N3O. The van der Waals surface area contributed by atoms with E-state index in [9.17, 15) is 0 Å². The van der Waals surface area contributed by atoms with Gasteiger partial charge in [0.25, 0.3) is 0 Å². The van der Waals surface area contributed by atoms with Crippen LogP contribution in [0.2, 0.25) is 0 Å². The second-order valence-electron chi connectivity index (χ2n) is 4.94. The third kappa shape index (κ3) is 3.64. The number of aryl methyl sites for hydroxylation is 2. The smallest absolute Gasteiger partial charge is 0.226 e. The molecule has 2 aromatic rings. The fourth-order valence-corrected chi connectivity index (χ4v) is 1.85. The number of rotatable bonds is 6. The molecule has 0 bridgehead atoms. The van der Waals surface area contributed by atoms with Crippen LogP contribution >= 0.6 is 0 Å². The second-order valence-corrected chi connectivity index (χ2v) is 4.94. The van der Waals surface area contributed by atoms with Crippen LogP contribution in [0.1, 0.15) is 31.7 Å². The predicted octanol–water partition coefficient (Wildman–Crippen LogP) is 2.83. The summed E-state index contributed by atoms with van der Waals surface area (Å²) < 4.78 is 5.27. The third-order valence-corrected chi connectivity index (χ3v) is 3.34. The Morgan fingerprint density at radius 2 is 2.00 bits per heavy atom. The van der Waals surface area contributed by atoms with Gasteiger partial charge in [0.2, 0.25) is 11.7 Å². The minimum absolute atomic E-state index is 0.485. The first kappa shape index (κ1) is 13.7. The van der Waals surface area contributed by atoms with Gasteiger partial charge < -0.3 is 10.3 Å². The number of hydrogen-bond donors (Lipinski definition) is 1. The normalized spacial score (nSPS) is 12.6. The Bertz CT molecular complexity index is 504. The molecule has 4 heteroatoms. The molecule has 1 unspecified atom stereocenters. The molecule has 102 valence electrons. The van der Waals surface area contributed by atoms with Crippen LogP contribution in [-0.4, -0.2) is 16.7 Å². The summed E-state index contributed by atoms with van der Waals surface area (Å²) in [7, 11) is 0. The summed E-state index contributed by atoms with van der Waals surface area (Å²) in [5, 5.41) is 4.03. The van der Waals surface area contributed by atoms with Gasteiger partial charge in [-0.05, 0) is 30.9 Å². The molecule has 1 heterocycles. The molecule has 2 N–H and O–H groups in total. The fourth-order valence-electron chi connectivity index (χ4n) is 1.85. The van der Waals surface area contributed by atoms with Gasteiger partial charge >= 0.3 is 0 Å². The van der Waals surface area contributed by atoms with Crippen LogP contribution in [0, 0.1) is 5.92 Å². The predicted molar refractivity (Wildman–Crippen MR) is 75.7 cm³/mol. The van der Waals surface area contributed by atoms with Crippen molar-refractivity contribution in [3.63, 3.8) is 0 Å². The van der Waals surface area contributed by atoms with E-state index in [2.05, 4.69) is 36.1 Å². The molecule has 1 aromatic heterocycles. The van der Waals surface area contributed by atoms with Crippen molar-refractivity contribution in [2.24, 2.45) is 11.7 Å². The van der Waals surface area contributed by atoms with Crippen LogP contribution in [0.4, 0.5) is 0 Å². The lowest BCUT2D eigenvalue weighted by molar-refractivity contribution is 0.366. The van der Waals surface area contributed by atoms with E-state index in [0.29, 0.717) is 24.2 Å². The quantitative estimate of drug-likeness (QED) is 0.866. The summed E-state index contributed by atoms with van der Waals surface area (Å²) in [5.41, 5.74) is 7.90. The van der Waals surface area contributed by atoms with Gasteiger partial charge in [0.05, 0.1) is 0 Å². The van der Waals surface area contributed by atoms with Gasteiger partial charge in [-0.2, -0.15) is 4.98 Å². The molecule has 0 aliphatic rings. The molecule has 0 aliphatic heterocycles. The maximum atomic E-state index is 5.59. The van der Waals surface area contributed by atoms with Gasteiger partial charge in [-0.15, -0.1) is 0 Å². The monoisotopic (exact) mass is 259 g/mol. The molecule has 0 aliphatic carbocycles. The topological polar surface area (TPSA) is 64.9 Å². The number of benzene rings is 1. The lowest BCUT2D eigenvalue weighted by atomic mass is 10.1. The lowest BCUT2D eigenvalue weighted by Crippen LogP contribution is -2.11. The molecule has 0 amide bonds. The van der Waals surface area contributed by atoms with Crippen molar-refractivity contribution in [1.29, 1.82) is 0 Å². The van der Waals surface area contributed by atoms with Crippen molar-refractivity contribution in [1.82, 2.24) is 10.1 Å². The van der Waals surface area contributed by atoms with Gasteiger partial charge in [-0.25, -0.2) is 0 Å². The zero-order chi connectivity index (χ0) is 13.7. The number of hydrogen-bond acceptors (Lipinski definition) is 4. The minimum atomic E-state index is 0.485. The van der Waals surface area contributed by atoms with E-state index in [1.165, 1.54) is 5.56 Å². The van der Waals surface area contributed by atoms with E-state index in [1.807, 2.05) is 12.1 Å². The van der Waals surface area contributed by atoms with E-state index < -0.39 is 0 Å². The van der Waals surface area contributed by atoms with Gasteiger partial charge in [0, 0.05) is 12.0 Å². The molecule has 19 heavy (non-hydrogen) atoms. The van der Waals surface area contributed by atoms with Crippen LogP contribution in [-0.2, 0) is 12.8 Å². The van der Waals surface area contributed by atoms with E-state index in [0.717, 1.165) is 24.8 Å². The molecule has 0 spiro atoms. The Balaban J connectivity index is 2.03. The Morgan fingerprint density at radius 3 is 2.63 bits per heavy atom. The average molecular weight is 259 g/mol. The minimum Gasteiger partial charge on any atom is -0.339 e. The first-order valence-corrected chi connectivity index (χ1v) is 6.85. The molecule has 0 saturated carbocycles. The largest absolute Gasteiger partial charge is 0.339 e. The van der Waals surface area contributed by atoms with Crippen molar-refractivity contribution >= 4 is 0 Å². The Hall–Kier alpha value is -1.68. The maximum absolute atomic E-state index is 5.59. The summed E-state index contributed by atoms with van der Waals surface area (Å²) in [6.45, 7) is 4.96. The summed E-state index contributed by atoms with van der Waals surface area (Å²) >= 11 is 0. The lowest BCUT2D eigenvalue weighted by Gasteiger charge is -2.03. The second kappa shape index (κ2) is 6.48. The van der Waals surface area contributed by atoms with Crippen molar-refractivity contribution in [3.05, 3.63) is 35.7 Å². The van der Waals surface area contributed by atoms with Crippen LogP contribution in [0.15, 0.2) is 28.8 Å². The van der Waals surface area contributed by atoms with Crippen molar-refractivity contribution in [2.45, 2.75) is 33.1 Å². The summed E-state index contributed by atoms with van der Waals surface area (Å²) in [4.78, 5) is 4.42. The van der Waals surface area contributed by atoms with Crippen molar-refractivity contribution < 1.29 is 4.52 Å². The van der Waals surface area contributed by atoms with E-state index >= 15 is 0 Å². The van der Waals surface area contributed by atoms with Crippen molar-refractivity contribution in [3.8, 4) is 11.4 Å². The number of nitrogens with two attached hydrogens (primary N) is 1. The van der Waals surface area contributed by atoms with Gasteiger partial charge in [0.1, 0.15) is 0 Å². The highest BCUT2D eigenvalue weighted by atomic mass is 16.5. The Morgan fingerprint density at radius 1 is 1.26 bits per heavy atom. The molecule has 0 fully saturated rings. The zero-order valence-corrected chi connectivity index (χ0v) is 11.6. The van der Waals surface area contributed by atoms with E-state index in [-0.39, 0.29) is 0 Å². The first-order chi connectivity index (χ1) is 9.22.